The molecule has 2 aromatic rings. The molecule has 18 heavy (non-hydrogen) atoms. The summed E-state index contributed by atoms with van der Waals surface area (Å²) in [6.45, 7) is 3.86. The van der Waals surface area contributed by atoms with Crippen LogP contribution in [-0.2, 0) is 0 Å². The summed E-state index contributed by atoms with van der Waals surface area (Å²) in [5.41, 5.74) is 1.77. The van der Waals surface area contributed by atoms with Crippen molar-refractivity contribution in [3.63, 3.8) is 0 Å². The first kappa shape index (κ1) is 12.6. The van der Waals surface area contributed by atoms with Crippen molar-refractivity contribution in [1.82, 2.24) is 4.98 Å². The van der Waals surface area contributed by atoms with Gasteiger partial charge in [-0.2, -0.15) is 0 Å². The number of aliphatic hydroxyl groups is 1. The Bertz CT molecular complexity index is 508. The van der Waals surface area contributed by atoms with Crippen molar-refractivity contribution in [2.24, 2.45) is 0 Å². The van der Waals surface area contributed by atoms with Gasteiger partial charge < -0.3 is 9.84 Å². The molecule has 1 atom stereocenters. The zero-order valence-corrected chi connectivity index (χ0v) is 10.6. The zero-order valence-electron chi connectivity index (χ0n) is 10.6. The molecular weight excluding hydrogens is 226 g/mol. The number of aryl methyl sites for hydroxylation is 1. The molecule has 0 aliphatic rings. The molecular formula is C15H17NO2. The van der Waals surface area contributed by atoms with Crippen molar-refractivity contribution < 1.29 is 9.84 Å². The Labute approximate surface area is 107 Å². The number of benzene rings is 1. The van der Waals surface area contributed by atoms with Crippen molar-refractivity contribution in [2.75, 3.05) is 0 Å². The van der Waals surface area contributed by atoms with Crippen molar-refractivity contribution in [3.8, 4) is 11.5 Å². The summed E-state index contributed by atoms with van der Waals surface area (Å²) in [4.78, 5) is 4.17. The van der Waals surface area contributed by atoms with Crippen LogP contribution in [-0.4, -0.2) is 10.1 Å². The highest BCUT2D eigenvalue weighted by Crippen LogP contribution is 2.25. The number of aliphatic hydroxyl groups excluding tert-OH is 1. The maximum atomic E-state index is 9.70. The maximum Gasteiger partial charge on any atom is 0.148 e. The van der Waals surface area contributed by atoms with E-state index in [0.717, 1.165) is 22.8 Å². The van der Waals surface area contributed by atoms with Crippen LogP contribution in [0.4, 0.5) is 0 Å². The van der Waals surface area contributed by atoms with E-state index in [1.807, 2.05) is 50.2 Å². The van der Waals surface area contributed by atoms with Gasteiger partial charge >= 0.3 is 0 Å². The van der Waals surface area contributed by atoms with Crippen LogP contribution in [0.3, 0.4) is 0 Å². The van der Waals surface area contributed by atoms with E-state index in [2.05, 4.69) is 4.98 Å². The topological polar surface area (TPSA) is 42.4 Å². The van der Waals surface area contributed by atoms with Gasteiger partial charge in [0.25, 0.3) is 0 Å². The van der Waals surface area contributed by atoms with E-state index in [4.69, 9.17) is 4.74 Å². The molecule has 0 radical (unpaired) electrons. The van der Waals surface area contributed by atoms with Gasteiger partial charge in [0.1, 0.15) is 11.5 Å². The fourth-order valence-corrected chi connectivity index (χ4v) is 1.70. The minimum absolute atomic E-state index is 0.404. The third kappa shape index (κ3) is 2.87. The predicted molar refractivity (Wildman–Crippen MR) is 70.7 cm³/mol. The molecule has 0 aliphatic heterocycles. The molecule has 0 spiro atoms. The molecule has 0 amide bonds. The van der Waals surface area contributed by atoms with Gasteiger partial charge in [0.2, 0.25) is 0 Å². The highest BCUT2D eigenvalue weighted by Gasteiger charge is 2.05. The quantitative estimate of drug-likeness (QED) is 0.891. The van der Waals surface area contributed by atoms with Crippen molar-refractivity contribution in [2.45, 2.75) is 26.4 Å². The van der Waals surface area contributed by atoms with E-state index in [1.54, 1.807) is 6.20 Å². The molecule has 3 nitrogen and oxygen atoms in total. The highest BCUT2D eigenvalue weighted by atomic mass is 16.5. The van der Waals surface area contributed by atoms with E-state index in [-0.39, 0.29) is 0 Å². The van der Waals surface area contributed by atoms with Crippen LogP contribution < -0.4 is 4.74 Å². The van der Waals surface area contributed by atoms with Crippen LogP contribution in [0.5, 0.6) is 11.5 Å². The lowest BCUT2D eigenvalue weighted by atomic mass is 10.1. The SMILES string of the molecule is CC[C@@H](O)c1ccc(Oc2cccnc2C)cc1. The summed E-state index contributed by atoms with van der Waals surface area (Å²) in [7, 11) is 0. The average Bonchev–Trinajstić information content (AvgIpc) is 2.41. The molecule has 0 saturated carbocycles. The van der Waals surface area contributed by atoms with Crippen LogP contribution in [0, 0.1) is 6.92 Å². The Hall–Kier alpha value is -1.87. The number of ether oxygens (including phenoxy) is 1. The molecule has 1 heterocycles. The number of hydrogen-bond donors (Lipinski definition) is 1. The second-order valence-corrected chi connectivity index (χ2v) is 4.18. The van der Waals surface area contributed by atoms with Crippen molar-refractivity contribution in [3.05, 3.63) is 53.9 Å². The summed E-state index contributed by atoms with van der Waals surface area (Å²) in [5.74, 6) is 1.50. The molecule has 0 aliphatic carbocycles. The Balaban J connectivity index is 2.14. The molecule has 1 aromatic heterocycles. The molecule has 0 saturated heterocycles. The monoisotopic (exact) mass is 243 g/mol. The summed E-state index contributed by atoms with van der Waals surface area (Å²) in [5, 5.41) is 9.70. The van der Waals surface area contributed by atoms with Crippen LogP contribution in [0.1, 0.15) is 30.7 Å². The first-order valence-corrected chi connectivity index (χ1v) is 6.08. The number of pyridine rings is 1. The van der Waals surface area contributed by atoms with E-state index >= 15 is 0 Å². The molecule has 3 heteroatoms. The molecule has 1 aromatic carbocycles. The average molecular weight is 243 g/mol. The van der Waals surface area contributed by atoms with Gasteiger partial charge in [-0.05, 0) is 43.2 Å². The summed E-state index contributed by atoms with van der Waals surface area (Å²) < 4.78 is 5.73. The lowest BCUT2D eigenvalue weighted by Gasteiger charge is -2.10. The second kappa shape index (κ2) is 5.65. The smallest absolute Gasteiger partial charge is 0.148 e. The fourth-order valence-electron chi connectivity index (χ4n) is 1.70. The molecule has 0 bridgehead atoms. The standard InChI is InChI=1S/C15H17NO2/c1-3-14(17)12-6-8-13(9-7-12)18-15-5-4-10-16-11(15)2/h4-10,14,17H,3H2,1-2H3/t14-/m1/s1. The normalized spacial score (nSPS) is 12.2. The Morgan fingerprint density at radius 1 is 1.22 bits per heavy atom. The lowest BCUT2D eigenvalue weighted by Crippen LogP contribution is -1.95. The van der Waals surface area contributed by atoms with Crippen molar-refractivity contribution in [1.29, 1.82) is 0 Å². The van der Waals surface area contributed by atoms with Crippen LogP contribution >= 0.6 is 0 Å². The minimum atomic E-state index is -0.404. The van der Waals surface area contributed by atoms with Gasteiger partial charge in [0, 0.05) is 6.20 Å². The van der Waals surface area contributed by atoms with E-state index in [1.165, 1.54) is 0 Å². The minimum Gasteiger partial charge on any atom is -0.455 e. The van der Waals surface area contributed by atoms with Crippen LogP contribution in [0.15, 0.2) is 42.6 Å². The van der Waals surface area contributed by atoms with Gasteiger partial charge in [0.05, 0.1) is 11.8 Å². The van der Waals surface area contributed by atoms with E-state index < -0.39 is 6.10 Å². The van der Waals surface area contributed by atoms with Crippen molar-refractivity contribution >= 4 is 0 Å². The second-order valence-electron chi connectivity index (χ2n) is 4.18. The van der Waals surface area contributed by atoms with E-state index in [9.17, 15) is 5.11 Å². The molecule has 94 valence electrons. The van der Waals surface area contributed by atoms with Gasteiger partial charge in [-0.3, -0.25) is 4.98 Å². The number of aromatic nitrogens is 1. The summed E-state index contributed by atoms with van der Waals surface area (Å²) in [6, 6.07) is 11.2. The number of nitrogens with zero attached hydrogens (tertiary/aromatic N) is 1. The molecule has 2 rings (SSSR count). The molecule has 1 N–H and O–H groups in total. The van der Waals surface area contributed by atoms with Gasteiger partial charge in [-0.25, -0.2) is 0 Å². The number of rotatable bonds is 4. The molecule has 0 fully saturated rings. The highest BCUT2D eigenvalue weighted by molar-refractivity contribution is 5.35. The molecule has 0 unspecified atom stereocenters. The summed E-state index contributed by atoms with van der Waals surface area (Å²) in [6.07, 6.45) is 2.05. The van der Waals surface area contributed by atoms with Crippen LogP contribution in [0.25, 0.3) is 0 Å². The predicted octanol–water partition coefficient (Wildman–Crippen LogP) is 3.63. The third-order valence-electron chi connectivity index (χ3n) is 2.84. The first-order chi connectivity index (χ1) is 8.70. The Morgan fingerprint density at radius 2 is 1.94 bits per heavy atom. The zero-order chi connectivity index (χ0) is 13.0. The van der Waals surface area contributed by atoms with Gasteiger partial charge in [-0.15, -0.1) is 0 Å². The first-order valence-electron chi connectivity index (χ1n) is 6.08. The van der Waals surface area contributed by atoms with Gasteiger partial charge in [-0.1, -0.05) is 19.1 Å². The largest absolute Gasteiger partial charge is 0.455 e. The van der Waals surface area contributed by atoms with E-state index in [0.29, 0.717) is 6.42 Å². The van der Waals surface area contributed by atoms with Gasteiger partial charge in [0.15, 0.2) is 0 Å². The Morgan fingerprint density at radius 3 is 2.56 bits per heavy atom. The fraction of sp³-hybridized carbons (Fsp3) is 0.267. The Kier molecular flexibility index (Phi) is 3.95. The maximum absolute atomic E-state index is 9.70. The third-order valence-corrected chi connectivity index (χ3v) is 2.84. The van der Waals surface area contributed by atoms with Crippen LogP contribution in [0.2, 0.25) is 0 Å². The lowest BCUT2D eigenvalue weighted by molar-refractivity contribution is 0.173. The summed E-state index contributed by atoms with van der Waals surface area (Å²) >= 11 is 0. The number of hydrogen-bond acceptors (Lipinski definition) is 3.